The Hall–Kier alpha value is -2.65. The average molecular weight is 345 g/mol. The minimum atomic E-state index is -0.233. The molecule has 1 atom stereocenters. The summed E-state index contributed by atoms with van der Waals surface area (Å²) < 4.78 is 5.37. The SMILES string of the molecule is CCOC(=O)C1Cc2ccccc2CN1Cc1cccc2ccccc12. The van der Waals surface area contributed by atoms with Gasteiger partial charge in [-0.15, -0.1) is 0 Å². The Balaban J connectivity index is 1.69. The van der Waals surface area contributed by atoms with Gasteiger partial charge in [-0.1, -0.05) is 66.7 Å². The molecule has 3 heteroatoms. The van der Waals surface area contributed by atoms with Crippen molar-refractivity contribution in [1.29, 1.82) is 0 Å². The Morgan fingerprint density at radius 3 is 2.58 bits per heavy atom. The second-order valence-corrected chi connectivity index (χ2v) is 6.78. The van der Waals surface area contributed by atoms with Crippen LogP contribution in [0.15, 0.2) is 66.7 Å². The van der Waals surface area contributed by atoms with E-state index in [1.54, 1.807) is 0 Å². The van der Waals surface area contributed by atoms with Crippen LogP contribution in [0.3, 0.4) is 0 Å². The third-order valence-electron chi connectivity index (χ3n) is 5.16. The summed E-state index contributed by atoms with van der Waals surface area (Å²) in [6.45, 7) is 3.78. The average Bonchev–Trinajstić information content (AvgIpc) is 2.68. The predicted molar refractivity (Wildman–Crippen MR) is 104 cm³/mol. The van der Waals surface area contributed by atoms with Crippen molar-refractivity contribution in [2.75, 3.05) is 6.61 Å². The molecule has 0 bridgehead atoms. The van der Waals surface area contributed by atoms with Crippen molar-refractivity contribution in [3.05, 3.63) is 83.4 Å². The van der Waals surface area contributed by atoms with Crippen LogP contribution in [-0.4, -0.2) is 23.5 Å². The first kappa shape index (κ1) is 16.8. The normalized spacial score (nSPS) is 17.0. The van der Waals surface area contributed by atoms with Crippen molar-refractivity contribution in [3.8, 4) is 0 Å². The molecule has 0 aliphatic carbocycles. The molecule has 1 unspecified atom stereocenters. The van der Waals surface area contributed by atoms with Crippen molar-refractivity contribution in [1.82, 2.24) is 4.90 Å². The van der Waals surface area contributed by atoms with E-state index in [1.165, 1.54) is 27.5 Å². The highest BCUT2D eigenvalue weighted by atomic mass is 16.5. The van der Waals surface area contributed by atoms with Gasteiger partial charge in [0.25, 0.3) is 0 Å². The lowest BCUT2D eigenvalue weighted by Gasteiger charge is -2.35. The second kappa shape index (κ2) is 7.30. The molecule has 3 aromatic carbocycles. The van der Waals surface area contributed by atoms with E-state index < -0.39 is 0 Å². The highest BCUT2D eigenvalue weighted by molar-refractivity contribution is 5.85. The molecule has 1 heterocycles. The van der Waals surface area contributed by atoms with Gasteiger partial charge in [-0.05, 0) is 40.8 Å². The van der Waals surface area contributed by atoms with E-state index in [4.69, 9.17) is 4.74 Å². The van der Waals surface area contributed by atoms with Crippen LogP contribution < -0.4 is 0 Å². The van der Waals surface area contributed by atoms with Gasteiger partial charge in [0.1, 0.15) is 6.04 Å². The maximum Gasteiger partial charge on any atom is 0.323 e. The third-order valence-corrected chi connectivity index (χ3v) is 5.16. The number of hydrogen-bond donors (Lipinski definition) is 0. The molecule has 0 amide bonds. The van der Waals surface area contributed by atoms with E-state index in [-0.39, 0.29) is 12.0 Å². The quantitative estimate of drug-likeness (QED) is 0.659. The summed E-state index contributed by atoms with van der Waals surface area (Å²) in [5.74, 6) is -0.123. The number of nitrogens with zero attached hydrogens (tertiary/aromatic N) is 1. The topological polar surface area (TPSA) is 29.5 Å². The van der Waals surface area contributed by atoms with Crippen molar-refractivity contribution in [3.63, 3.8) is 0 Å². The molecular formula is C23H23NO2. The van der Waals surface area contributed by atoms with Gasteiger partial charge in [0.2, 0.25) is 0 Å². The van der Waals surface area contributed by atoms with E-state index in [0.717, 1.165) is 13.1 Å². The Labute approximate surface area is 154 Å². The number of hydrogen-bond acceptors (Lipinski definition) is 3. The van der Waals surface area contributed by atoms with E-state index in [9.17, 15) is 4.79 Å². The van der Waals surface area contributed by atoms with E-state index in [2.05, 4.69) is 65.6 Å². The monoisotopic (exact) mass is 345 g/mol. The fourth-order valence-corrected chi connectivity index (χ4v) is 3.86. The Morgan fingerprint density at radius 2 is 1.73 bits per heavy atom. The molecule has 0 saturated heterocycles. The van der Waals surface area contributed by atoms with Gasteiger partial charge >= 0.3 is 5.97 Å². The standard InChI is InChI=1S/C23H23NO2/c1-2-26-23(25)22-14-18-9-3-4-10-19(18)15-24(22)16-20-12-7-11-17-8-5-6-13-21(17)20/h3-13,22H,2,14-16H2,1H3. The molecule has 3 nitrogen and oxygen atoms in total. The highest BCUT2D eigenvalue weighted by Gasteiger charge is 2.32. The molecule has 3 aromatic rings. The van der Waals surface area contributed by atoms with Crippen molar-refractivity contribution in [2.45, 2.75) is 32.5 Å². The molecule has 0 fully saturated rings. The number of benzene rings is 3. The van der Waals surface area contributed by atoms with E-state index in [0.29, 0.717) is 13.0 Å². The number of carbonyl (C=O) groups excluding carboxylic acids is 1. The van der Waals surface area contributed by atoms with Crippen molar-refractivity contribution >= 4 is 16.7 Å². The van der Waals surface area contributed by atoms with Crippen LogP contribution in [0.1, 0.15) is 23.6 Å². The maximum atomic E-state index is 12.6. The fourth-order valence-electron chi connectivity index (χ4n) is 3.86. The molecule has 0 spiro atoms. The summed E-state index contributed by atoms with van der Waals surface area (Å²) in [6.07, 6.45) is 0.708. The first-order valence-electron chi connectivity index (χ1n) is 9.20. The molecule has 0 aromatic heterocycles. The van der Waals surface area contributed by atoms with Crippen LogP contribution in [0, 0.1) is 0 Å². The van der Waals surface area contributed by atoms with Crippen LogP contribution in [0.2, 0.25) is 0 Å². The summed E-state index contributed by atoms with van der Waals surface area (Å²) in [4.78, 5) is 14.9. The van der Waals surface area contributed by atoms with E-state index in [1.807, 2.05) is 13.0 Å². The zero-order valence-corrected chi connectivity index (χ0v) is 15.0. The minimum absolute atomic E-state index is 0.123. The molecule has 0 saturated carbocycles. The van der Waals surface area contributed by atoms with Gasteiger partial charge < -0.3 is 4.74 Å². The first-order chi connectivity index (χ1) is 12.8. The molecule has 1 aliphatic rings. The van der Waals surface area contributed by atoms with Crippen LogP contribution in [-0.2, 0) is 29.0 Å². The summed E-state index contributed by atoms with van der Waals surface area (Å²) in [5, 5.41) is 2.48. The number of rotatable bonds is 4. The molecule has 1 aliphatic heterocycles. The van der Waals surface area contributed by atoms with Crippen LogP contribution in [0.4, 0.5) is 0 Å². The Bertz CT molecular complexity index is 929. The van der Waals surface area contributed by atoms with Crippen molar-refractivity contribution < 1.29 is 9.53 Å². The molecule has 0 radical (unpaired) electrons. The molecule has 0 N–H and O–H groups in total. The van der Waals surface area contributed by atoms with Crippen molar-refractivity contribution in [2.24, 2.45) is 0 Å². The van der Waals surface area contributed by atoms with Gasteiger partial charge in [-0.3, -0.25) is 9.69 Å². The van der Waals surface area contributed by atoms with Crippen LogP contribution >= 0.6 is 0 Å². The zero-order valence-electron chi connectivity index (χ0n) is 15.0. The Kier molecular flexibility index (Phi) is 4.72. The summed E-state index contributed by atoms with van der Waals surface area (Å²) in [5.41, 5.74) is 3.80. The molecule has 132 valence electrons. The van der Waals surface area contributed by atoms with Gasteiger partial charge in [-0.25, -0.2) is 0 Å². The smallest absolute Gasteiger partial charge is 0.323 e. The highest BCUT2D eigenvalue weighted by Crippen LogP contribution is 2.28. The molecule has 4 rings (SSSR count). The summed E-state index contributed by atoms with van der Waals surface area (Å²) >= 11 is 0. The Morgan fingerprint density at radius 1 is 1.00 bits per heavy atom. The fraction of sp³-hybridized carbons (Fsp3) is 0.261. The number of ether oxygens (including phenoxy) is 1. The van der Waals surface area contributed by atoms with E-state index >= 15 is 0 Å². The van der Waals surface area contributed by atoms with Crippen LogP contribution in [0.5, 0.6) is 0 Å². The number of carbonyl (C=O) groups is 1. The van der Waals surface area contributed by atoms with Gasteiger partial charge in [0.05, 0.1) is 6.61 Å². The number of fused-ring (bicyclic) bond motifs is 2. The lowest BCUT2D eigenvalue weighted by Crippen LogP contribution is -2.45. The van der Waals surface area contributed by atoms with Gasteiger partial charge in [0.15, 0.2) is 0 Å². The summed E-state index contributed by atoms with van der Waals surface area (Å²) in [6, 6.07) is 23.0. The third kappa shape index (κ3) is 3.23. The minimum Gasteiger partial charge on any atom is -0.465 e. The predicted octanol–water partition coefficient (Wildman–Crippen LogP) is 4.33. The van der Waals surface area contributed by atoms with Gasteiger partial charge in [0, 0.05) is 13.1 Å². The number of esters is 1. The van der Waals surface area contributed by atoms with Crippen LogP contribution in [0.25, 0.3) is 10.8 Å². The largest absolute Gasteiger partial charge is 0.465 e. The van der Waals surface area contributed by atoms with Gasteiger partial charge in [-0.2, -0.15) is 0 Å². The molecular weight excluding hydrogens is 322 g/mol. The second-order valence-electron chi connectivity index (χ2n) is 6.78. The first-order valence-corrected chi connectivity index (χ1v) is 9.20. The lowest BCUT2D eigenvalue weighted by atomic mass is 9.93. The lowest BCUT2D eigenvalue weighted by molar-refractivity contribution is -0.150. The summed E-state index contributed by atoms with van der Waals surface area (Å²) in [7, 11) is 0. The molecule has 26 heavy (non-hydrogen) atoms. The zero-order chi connectivity index (χ0) is 17.9. The maximum absolute atomic E-state index is 12.6.